The molecule has 0 radical (unpaired) electrons. The van der Waals surface area contributed by atoms with E-state index in [1.807, 2.05) is 0 Å². The molecular weight excluding hydrogens is 268 g/mol. The Hall–Kier alpha value is -2.71. The quantitative estimate of drug-likeness (QED) is 0.590. The van der Waals surface area contributed by atoms with Gasteiger partial charge in [-0.3, -0.25) is 14.9 Å². The molecule has 1 atom stereocenters. The molecule has 0 spiro atoms. The van der Waals surface area contributed by atoms with Crippen molar-refractivity contribution < 1.29 is 19.6 Å². The fraction of sp³-hybridized carbons (Fsp3) is 0.364. The molecular formula is C11H12N4O5. The van der Waals surface area contributed by atoms with Crippen molar-refractivity contribution in [3.63, 3.8) is 0 Å². The normalized spacial score (nSPS) is 18.6. The highest BCUT2D eigenvalue weighted by Crippen LogP contribution is 2.28. The third-order valence-corrected chi connectivity index (χ3v) is 3.04. The van der Waals surface area contributed by atoms with Crippen molar-refractivity contribution in [3.8, 4) is 0 Å². The smallest absolute Gasteiger partial charge is 0.354 e. The lowest BCUT2D eigenvalue weighted by Crippen LogP contribution is -2.54. The maximum atomic E-state index is 11.6. The molecule has 1 aliphatic heterocycles. The highest BCUT2D eigenvalue weighted by molar-refractivity contribution is 5.89. The minimum absolute atomic E-state index is 0.0998. The van der Waals surface area contributed by atoms with Crippen LogP contribution in [0.4, 0.5) is 11.5 Å². The molecule has 1 unspecified atom stereocenters. The summed E-state index contributed by atoms with van der Waals surface area (Å²) in [6, 6.07) is 1.50. The number of carbonyl (C=O) groups excluding carboxylic acids is 1. The third-order valence-electron chi connectivity index (χ3n) is 3.04. The number of carboxylic acids is 1. The van der Waals surface area contributed by atoms with Crippen LogP contribution < -0.4 is 10.2 Å². The first-order valence-electron chi connectivity index (χ1n) is 5.85. The van der Waals surface area contributed by atoms with Crippen LogP contribution in [-0.2, 0) is 4.79 Å². The minimum atomic E-state index is -1.28. The zero-order valence-corrected chi connectivity index (χ0v) is 10.6. The van der Waals surface area contributed by atoms with Gasteiger partial charge in [-0.2, -0.15) is 0 Å². The summed E-state index contributed by atoms with van der Waals surface area (Å²) in [7, 11) is 0. The predicted octanol–water partition coefficient (Wildman–Crippen LogP) is 0.0127. The Bertz CT molecular complexity index is 588. The number of aromatic carboxylic acids is 1. The van der Waals surface area contributed by atoms with Gasteiger partial charge in [-0.15, -0.1) is 0 Å². The van der Waals surface area contributed by atoms with E-state index in [1.54, 1.807) is 6.92 Å². The van der Waals surface area contributed by atoms with Gasteiger partial charge in [0, 0.05) is 19.2 Å². The van der Waals surface area contributed by atoms with Crippen LogP contribution >= 0.6 is 0 Å². The van der Waals surface area contributed by atoms with Crippen molar-refractivity contribution in [2.45, 2.75) is 13.0 Å². The zero-order valence-electron chi connectivity index (χ0n) is 10.6. The fourth-order valence-electron chi connectivity index (χ4n) is 1.99. The summed E-state index contributed by atoms with van der Waals surface area (Å²) in [4.78, 5) is 38.2. The molecule has 1 aliphatic rings. The number of hydrogen-bond donors (Lipinski definition) is 2. The van der Waals surface area contributed by atoms with Crippen LogP contribution in [-0.4, -0.2) is 46.0 Å². The average molecular weight is 280 g/mol. The number of pyridine rings is 1. The third kappa shape index (κ3) is 2.37. The molecule has 0 aromatic carbocycles. The molecule has 2 heterocycles. The molecule has 9 heteroatoms. The van der Waals surface area contributed by atoms with Crippen LogP contribution in [0.3, 0.4) is 0 Å². The number of amides is 1. The molecule has 1 amide bonds. The summed E-state index contributed by atoms with van der Waals surface area (Å²) in [5.74, 6) is -1.67. The van der Waals surface area contributed by atoms with Crippen molar-refractivity contribution >= 4 is 23.4 Å². The van der Waals surface area contributed by atoms with Gasteiger partial charge in [0.05, 0.1) is 4.92 Å². The SMILES string of the molecule is CC1C(=O)NCCN1c1nc(C(=O)O)ccc1[N+](=O)[O-]. The van der Waals surface area contributed by atoms with E-state index in [1.165, 1.54) is 4.90 Å². The average Bonchev–Trinajstić information content (AvgIpc) is 2.41. The molecule has 1 aromatic rings. The van der Waals surface area contributed by atoms with Crippen LogP contribution in [0.25, 0.3) is 0 Å². The van der Waals surface area contributed by atoms with Crippen LogP contribution in [0, 0.1) is 10.1 Å². The second-order valence-electron chi connectivity index (χ2n) is 4.26. The number of carboxylic acid groups (broad SMARTS) is 1. The van der Waals surface area contributed by atoms with E-state index in [4.69, 9.17) is 5.11 Å². The maximum absolute atomic E-state index is 11.6. The number of nitro groups is 1. The predicted molar refractivity (Wildman–Crippen MR) is 67.7 cm³/mol. The van der Waals surface area contributed by atoms with Gasteiger partial charge < -0.3 is 15.3 Å². The van der Waals surface area contributed by atoms with Gasteiger partial charge in [0.2, 0.25) is 11.7 Å². The summed E-state index contributed by atoms with van der Waals surface area (Å²) in [6.45, 7) is 2.22. The van der Waals surface area contributed by atoms with Crippen molar-refractivity contribution in [2.75, 3.05) is 18.0 Å². The van der Waals surface area contributed by atoms with Gasteiger partial charge in [-0.1, -0.05) is 0 Å². The summed E-state index contributed by atoms with van der Waals surface area (Å²) in [6.07, 6.45) is 0. The Balaban J connectivity index is 2.51. The van der Waals surface area contributed by atoms with Crippen molar-refractivity contribution in [3.05, 3.63) is 27.9 Å². The van der Waals surface area contributed by atoms with Gasteiger partial charge in [0.25, 0.3) is 0 Å². The van der Waals surface area contributed by atoms with Gasteiger partial charge in [0.15, 0.2) is 5.69 Å². The second kappa shape index (κ2) is 5.11. The van der Waals surface area contributed by atoms with Crippen LogP contribution in [0.2, 0.25) is 0 Å². The van der Waals surface area contributed by atoms with Crippen molar-refractivity contribution in [2.24, 2.45) is 0 Å². The van der Waals surface area contributed by atoms with E-state index >= 15 is 0 Å². The molecule has 1 fully saturated rings. The number of nitrogens with one attached hydrogen (secondary N) is 1. The van der Waals surface area contributed by atoms with Crippen LogP contribution in [0.5, 0.6) is 0 Å². The minimum Gasteiger partial charge on any atom is -0.477 e. The highest BCUT2D eigenvalue weighted by atomic mass is 16.6. The first-order valence-corrected chi connectivity index (χ1v) is 5.85. The molecule has 1 saturated heterocycles. The van der Waals surface area contributed by atoms with Crippen LogP contribution in [0.1, 0.15) is 17.4 Å². The van der Waals surface area contributed by atoms with E-state index < -0.39 is 16.9 Å². The molecule has 106 valence electrons. The molecule has 0 aliphatic carbocycles. The van der Waals surface area contributed by atoms with Gasteiger partial charge in [-0.05, 0) is 13.0 Å². The number of anilines is 1. The number of carbonyl (C=O) groups is 2. The first kappa shape index (κ1) is 13.7. The zero-order chi connectivity index (χ0) is 14.9. The Morgan fingerprint density at radius 3 is 2.90 bits per heavy atom. The number of rotatable bonds is 3. The maximum Gasteiger partial charge on any atom is 0.354 e. The van der Waals surface area contributed by atoms with Gasteiger partial charge in [-0.25, -0.2) is 9.78 Å². The Morgan fingerprint density at radius 2 is 2.30 bits per heavy atom. The largest absolute Gasteiger partial charge is 0.477 e. The van der Waals surface area contributed by atoms with E-state index in [0.29, 0.717) is 13.1 Å². The molecule has 20 heavy (non-hydrogen) atoms. The molecule has 0 bridgehead atoms. The lowest BCUT2D eigenvalue weighted by atomic mass is 10.2. The molecule has 1 aromatic heterocycles. The Morgan fingerprint density at radius 1 is 1.60 bits per heavy atom. The lowest BCUT2D eigenvalue weighted by molar-refractivity contribution is -0.384. The first-order chi connectivity index (χ1) is 9.41. The monoisotopic (exact) mass is 280 g/mol. The summed E-state index contributed by atoms with van der Waals surface area (Å²) >= 11 is 0. The Labute approximate surface area is 113 Å². The fourth-order valence-corrected chi connectivity index (χ4v) is 1.99. The number of hydrogen-bond acceptors (Lipinski definition) is 6. The number of piperazine rings is 1. The molecule has 2 N–H and O–H groups in total. The topological polar surface area (TPSA) is 126 Å². The van der Waals surface area contributed by atoms with Gasteiger partial charge in [0.1, 0.15) is 6.04 Å². The van der Waals surface area contributed by atoms with E-state index in [-0.39, 0.29) is 23.1 Å². The van der Waals surface area contributed by atoms with Crippen molar-refractivity contribution in [1.29, 1.82) is 0 Å². The van der Waals surface area contributed by atoms with E-state index in [0.717, 1.165) is 12.1 Å². The number of aromatic nitrogens is 1. The summed E-state index contributed by atoms with van der Waals surface area (Å²) in [5, 5.41) is 22.6. The highest BCUT2D eigenvalue weighted by Gasteiger charge is 2.32. The molecule has 9 nitrogen and oxygen atoms in total. The summed E-state index contributed by atoms with van der Waals surface area (Å²) < 4.78 is 0. The van der Waals surface area contributed by atoms with Gasteiger partial charge >= 0.3 is 11.7 Å². The van der Waals surface area contributed by atoms with E-state index in [9.17, 15) is 19.7 Å². The summed E-state index contributed by atoms with van der Waals surface area (Å²) in [5.41, 5.74) is -0.625. The van der Waals surface area contributed by atoms with Crippen molar-refractivity contribution in [1.82, 2.24) is 10.3 Å². The lowest BCUT2D eigenvalue weighted by Gasteiger charge is -2.33. The second-order valence-corrected chi connectivity index (χ2v) is 4.26. The number of nitrogens with zero attached hydrogens (tertiary/aromatic N) is 3. The Kier molecular flexibility index (Phi) is 3.51. The van der Waals surface area contributed by atoms with E-state index in [2.05, 4.69) is 10.3 Å². The van der Waals surface area contributed by atoms with Crippen LogP contribution in [0.15, 0.2) is 12.1 Å². The molecule has 0 saturated carbocycles. The standard InChI is InChI=1S/C11H12N4O5/c1-6-10(16)12-4-5-14(6)9-8(15(19)20)3-2-7(13-9)11(17)18/h2-3,6H,4-5H2,1H3,(H,12,16)(H,17,18). The molecule has 2 rings (SSSR count).